The Kier molecular flexibility index (Phi) is 3.81. The Balaban J connectivity index is 2.14. The van der Waals surface area contributed by atoms with E-state index in [-0.39, 0.29) is 5.91 Å². The van der Waals surface area contributed by atoms with Crippen LogP contribution < -0.4 is 5.32 Å². The highest BCUT2D eigenvalue weighted by molar-refractivity contribution is 9.10. The molecule has 0 bridgehead atoms. The summed E-state index contributed by atoms with van der Waals surface area (Å²) in [6.45, 7) is 3.97. The van der Waals surface area contributed by atoms with Crippen molar-refractivity contribution in [3.8, 4) is 0 Å². The largest absolute Gasteiger partial charge is 0.305 e. The lowest BCUT2D eigenvalue weighted by atomic mass is 10.1. The highest BCUT2D eigenvalue weighted by Crippen LogP contribution is 2.18. The van der Waals surface area contributed by atoms with Crippen LogP contribution in [0.1, 0.15) is 28.5 Å². The van der Waals surface area contributed by atoms with E-state index in [1.807, 2.05) is 32.0 Å². The normalized spacial score (nSPS) is 10.4. The highest BCUT2D eigenvalue weighted by Gasteiger charge is 2.09. The predicted octanol–water partition coefficient (Wildman–Crippen LogP) is 3.30. The summed E-state index contributed by atoms with van der Waals surface area (Å²) < 4.78 is 0.993. The van der Waals surface area contributed by atoms with Crippen LogP contribution in [0.5, 0.6) is 0 Å². The highest BCUT2D eigenvalue weighted by atomic mass is 79.9. The second-order valence-electron chi connectivity index (χ2n) is 4.05. The van der Waals surface area contributed by atoms with Crippen LogP contribution in [0.25, 0.3) is 0 Å². The summed E-state index contributed by atoms with van der Waals surface area (Å²) >= 11 is 3.41. The van der Waals surface area contributed by atoms with E-state index < -0.39 is 0 Å². The fraction of sp³-hybridized carbons (Fsp3) is 0.231. The Labute approximate surface area is 114 Å². The van der Waals surface area contributed by atoms with Crippen LogP contribution in [0, 0.1) is 6.92 Å². The molecule has 5 heteroatoms. The van der Waals surface area contributed by atoms with E-state index in [1.165, 1.54) is 0 Å². The fourth-order valence-corrected chi connectivity index (χ4v) is 1.83. The quantitative estimate of drug-likeness (QED) is 0.914. The number of hydrogen-bond donors (Lipinski definition) is 2. The SMILES string of the molecule is CCc1cc(NC(=O)c2ccc(Br)c(C)c2)n[nH]1. The van der Waals surface area contributed by atoms with Gasteiger partial charge in [0.2, 0.25) is 0 Å². The molecule has 4 nitrogen and oxygen atoms in total. The molecule has 0 saturated carbocycles. The number of H-pyrrole nitrogens is 1. The molecule has 1 heterocycles. The maximum absolute atomic E-state index is 12.0. The monoisotopic (exact) mass is 307 g/mol. The fourth-order valence-electron chi connectivity index (χ4n) is 1.58. The van der Waals surface area contributed by atoms with Gasteiger partial charge in [0.25, 0.3) is 5.91 Å². The van der Waals surface area contributed by atoms with Gasteiger partial charge in [-0.2, -0.15) is 5.10 Å². The molecular weight excluding hydrogens is 294 g/mol. The molecule has 2 aromatic rings. The van der Waals surface area contributed by atoms with Crippen molar-refractivity contribution >= 4 is 27.7 Å². The number of amides is 1. The maximum Gasteiger partial charge on any atom is 0.256 e. The first-order valence-corrected chi connectivity index (χ1v) is 6.51. The zero-order valence-electron chi connectivity index (χ0n) is 10.2. The molecule has 1 aromatic heterocycles. The van der Waals surface area contributed by atoms with Crippen molar-refractivity contribution in [3.63, 3.8) is 0 Å². The Morgan fingerprint density at radius 1 is 1.44 bits per heavy atom. The molecular formula is C13H14BrN3O. The van der Waals surface area contributed by atoms with E-state index in [1.54, 1.807) is 6.07 Å². The van der Waals surface area contributed by atoms with Crippen LogP contribution in [0.3, 0.4) is 0 Å². The Hall–Kier alpha value is -1.62. The van der Waals surface area contributed by atoms with Gasteiger partial charge in [-0.1, -0.05) is 22.9 Å². The molecule has 0 spiro atoms. The number of halogens is 1. The number of carbonyl (C=O) groups excluding carboxylic acids is 1. The van der Waals surface area contributed by atoms with E-state index in [4.69, 9.17) is 0 Å². The molecule has 0 atom stereocenters. The van der Waals surface area contributed by atoms with Crippen molar-refractivity contribution in [3.05, 3.63) is 45.6 Å². The number of rotatable bonds is 3. The number of nitrogens with zero attached hydrogens (tertiary/aromatic N) is 1. The number of anilines is 1. The van der Waals surface area contributed by atoms with Crippen LogP contribution in [0.4, 0.5) is 5.82 Å². The van der Waals surface area contributed by atoms with Gasteiger partial charge in [0.1, 0.15) is 0 Å². The average molecular weight is 308 g/mol. The Bertz CT molecular complexity index is 577. The Morgan fingerprint density at radius 3 is 2.83 bits per heavy atom. The van der Waals surface area contributed by atoms with Crippen molar-refractivity contribution in [2.45, 2.75) is 20.3 Å². The molecule has 0 radical (unpaired) electrons. The van der Waals surface area contributed by atoms with Gasteiger partial charge in [0, 0.05) is 21.8 Å². The summed E-state index contributed by atoms with van der Waals surface area (Å²) in [5.74, 6) is 0.400. The van der Waals surface area contributed by atoms with E-state index in [0.29, 0.717) is 11.4 Å². The number of hydrogen-bond acceptors (Lipinski definition) is 2. The smallest absolute Gasteiger partial charge is 0.256 e. The van der Waals surface area contributed by atoms with Crippen LogP contribution >= 0.6 is 15.9 Å². The van der Waals surface area contributed by atoms with Gasteiger partial charge in [0.15, 0.2) is 5.82 Å². The van der Waals surface area contributed by atoms with E-state index in [9.17, 15) is 4.79 Å². The lowest BCUT2D eigenvalue weighted by Crippen LogP contribution is -2.12. The number of carbonyl (C=O) groups is 1. The first kappa shape index (κ1) is 12.8. The minimum Gasteiger partial charge on any atom is -0.305 e. The number of aryl methyl sites for hydroxylation is 2. The molecule has 2 rings (SSSR count). The molecule has 94 valence electrons. The van der Waals surface area contributed by atoms with Gasteiger partial charge in [-0.05, 0) is 37.1 Å². The van der Waals surface area contributed by atoms with Gasteiger partial charge < -0.3 is 5.32 Å². The molecule has 0 aliphatic rings. The number of aromatic amines is 1. The average Bonchev–Trinajstić information content (AvgIpc) is 2.80. The van der Waals surface area contributed by atoms with Crippen molar-refractivity contribution < 1.29 is 4.79 Å². The second-order valence-corrected chi connectivity index (χ2v) is 4.90. The molecule has 18 heavy (non-hydrogen) atoms. The van der Waals surface area contributed by atoms with Crippen molar-refractivity contribution in [2.75, 3.05) is 5.32 Å². The van der Waals surface area contributed by atoms with Crippen LogP contribution in [0.15, 0.2) is 28.7 Å². The summed E-state index contributed by atoms with van der Waals surface area (Å²) in [4.78, 5) is 12.0. The van der Waals surface area contributed by atoms with Crippen LogP contribution in [-0.2, 0) is 6.42 Å². The minimum absolute atomic E-state index is 0.153. The topological polar surface area (TPSA) is 57.8 Å². The van der Waals surface area contributed by atoms with Crippen molar-refractivity contribution in [1.29, 1.82) is 0 Å². The van der Waals surface area contributed by atoms with Crippen molar-refractivity contribution in [1.82, 2.24) is 10.2 Å². The molecule has 0 unspecified atom stereocenters. The van der Waals surface area contributed by atoms with E-state index in [2.05, 4.69) is 31.4 Å². The summed E-state index contributed by atoms with van der Waals surface area (Å²) in [7, 11) is 0. The number of benzene rings is 1. The molecule has 1 aromatic carbocycles. The van der Waals surface area contributed by atoms with Gasteiger partial charge >= 0.3 is 0 Å². The molecule has 0 fully saturated rings. The third-order valence-corrected chi connectivity index (χ3v) is 3.56. The van der Waals surface area contributed by atoms with Crippen LogP contribution in [-0.4, -0.2) is 16.1 Å². The molecule has 0 aliphatic carbocycles. The number of nitrogens with one attached hydrogen (secondary N) is 2. The summed E-state index contributed by atoms with van der Waals surface area (Å²) in [5.41, 5.74) is 2.65. The summed E-state index contributed by atoms with van der Waals surface area (Å²) in [6.07, 6.45) is 0.861. The van der Waals surface area contributed by atoms with Gasteiger partial charge in [-0.3, -0.25) is 9.89 Å². The molecule has 0 saturated heterocycles. The lowest BCUT2D eigenvalue weighted by molar-refractivity contribution is 0.102. The summed E-state index contributed by atoms with van der Waals surface area (Å²) in [6, 6.07) is 7.32. The van der Waals surface area contributed by atoms with Crippen molar-refractivity contribution in [2.24, 2.45) is 0 Å². The van der Waals surface area contributed by atoms with Crippen LogP contribution in [0.2, 0.25) is 0 Å². The molecule has 2 N–H and O–H groups in total. The zero-order valence-corrected chi connectivity index (χ0v) is 11.8. The van der Waals surface area contributed by atoms with Gasteiger partial charge in [-0.15, -0.1) is 0 Å². The predicted molar refractivity (Wildman–Crippen MR) is 74.8 cm³/mol. The first-order valence-electron chi connectivity index (χ1n) is 5.72. The minimum atomic E-state index is -0.153. The third kappa shape index (κ3) is 2.79. The Morgan fingerprint density at radius 2 is 2.22 bits per heavy atom. The van der Waals surface area contributed by atoms with E-state index in [0.717, 1.165) is 22.2 Å². The van der Waals surface area contributed by atoms with Gasteiger partial charge in [-0.25, -0.2) is 0 Å². The lowest BCUT2D eigenvalue weighted by Gasteiger charge is -2.04. The first-order chi connectivity index (χ1) is 8.60. The second kappa shape index (κ2) is 5.35. The zero-order chi connectivity index (χ0) is 13.1. The standard InChI is InChI=1S/C13H14BrN3O/c1-3-10-7-12(17-16-10)15-13(18)9-4-5-11(14)8(2)6-9/h4-7H,3H2,1-2H3,(H2,15,16,17,18). The summed E-state index contributed by atoms with van der Waals surface area (Å²) in [5, 5.41) is 9.65. The van der Waals surface area contributed by atoms with E-state index >= 15 is 0 Å². The maximum atomic E-state index is 12.0. The molecule has 0 aliphatic heterocycles. The molecule has 1 amide bonds. The van der Waals surface area contributed by atoms with Gasteiger partial charge in [0.05, 0.1) is 0 Å². The third-order valence-electron chi connectivity index (χ3n) is 2.67. The number of aromatic nitrogens is 2.